The summed E-state index contributed by atoms with van der Waals surface area (Å²) in [6.07, 6.45) is 0.814. The van der Waals surface area contributed by atoms with Crippen LogP contribution in [0.25, 0.3) is 31.8 Å². The van der Waals surface area contributed by atoms with E-state index >= 15 is 0 Å². The van der Waals surface area contributed by atoms with Crippen molar-refractivity contribution >= 4 is 32.6 Å². The molecular weight excluding hydrogens is 412 g/mol. The third kappa shape index (κ3) is 3.78. The number of aliphatic hydroxyl groups is 1. The van der Waals surface area contributed by atoms with Crippen molar-refractivity contribution in [2.75, 3.05) is 14.2 Å². The summed E-state index contributed by atoms with van der Waals surface area (Å²) in [5, 5.41) is 21.2. The Labute approximate surface area is 183 Å². The number of nitriles is 1. The van der Waals surface area contributed by atoms with Crippen LogP contribution < -0.4 is 9.47 Å². The van der Waals surface area contributed by atoms with Gasteiger partial charge < -0.3 is 14.6 Å². The van der Waals surface area contributed by atoms with E-state index in [1.807, 2.05) is 32.9 Å². The highest BCUT2D eigenvalue weighted by molar-refractivity contribution is 7.21. The van der Waals surface area contributed by atoms with Gasteiger partial charge in [-0.25, -0.2) is 15.0 Å². The van der Waals surface area contributed by atoms with Crippen LogP contribution in [-0.2, 0) is 0 Å². The lowest BCUT2D eigenvalue weighted by atomic mass is 9.84. The average Bonchev–Trinajstić information content (AvgIpc) is 3.19. The Kier molecular flexibility index (Phi) is 5.25. The molecule has 0 radical (unpaired) electrons. The number of rotatable bonds is 4. The van der Waals surface area contributed by atoms with E-state index in [1.54, 1.807) is 25.4 Å². The molecule has 31 heavy (non-hydrogen) atoms. The summed E-state index contributed by atoms with van der Waals surface area (Å²) in [5.74, 6) is 1.03. The number of ether oxygens (including phenoxy) is 2. The summed E-state index contributed by atoms with van der Waals surface area (Å²) < 4.78 is 11.5. The number of aromatic nitrogens is 3. The molecule has 4 aromatic rings. The molecule has 8 heteroatoms. The van der Waals surface area contributed by atoms with E-state index in [0.29, 0.717) is 49.9 Å². The van der Waals surface area contributed by atoms with E-state index in [1.165, 1.54) is 18.4 Å². The van der Waals surface area contributed by atoms with Crippen molar-refractivity contribution in [1.29, 1.82) is 5.26 Å². The van der Waals surface area contributed by atoms with Crippen LogP contribution in [0.3, 0.4) is 0 Å². The van der Waals surface area contributed by atoms with Crippen molar-refractivity contribution in [3.8, 4) is 28.3 Å². The van der Waals surface area contributed by atoms with Gasteiger partial charge in [0.15, 0.2) is 0 Å². The number of nitrogens with zero attached hydrogens (tertiary/aromatic N) is 4. The summed E-state index contributed by atoms with van der Waals surface area (Å²) in [4.78, 5) is 13.8. The van der Waals surface area contributed by atoms with Gasteiger partial charge in [0.25, 0.3) is 0 Å². The molecular formula is C23H22N4O3S. The highest BCUT2D eigenvalue weighted by Crippen LogP contribution is 2.42. The molecule has 1 atom stereocenters. The molecule has 7 nitrogen and oxygen atoms in total. The molecule has 0 aliphatic rings. The number of benzene rings is 2. The maximum atomic E-state index is 11.0. The minimum atomic E-state index is -0.730. The number of fused-ring (bicyclic) bond motifs is 2. The summed E-state index contributed by atoms with van der Waals surface area (Å²) in [6, 6.07) is 9.35. The molecule has 2 heterocycles. The number of aliphatic hydroxyl groups excluding tert-OH is 1. The van der Waals surface area contributed by atoms with Crippen LogP contribution >= 0.6 is 11.3 Å². The normalized spacial score (nSPS) is 12.7. The molecule has 2 aromatic heterocycles. The smallest absolute Gasteiger partial charge is 0.232 e. The molecule has 0 aliphatic heterocycles. The molecule has 0 fully saturated rings. The van der Waals surface area contributed by atoms with Gasteiger partial charge in [-0.05, 0) is 29.7 Å². The van der Waals surface area contributed by atoms with Gasteiger partial charge in [0.2, 0.25) is 5.88 Å². The summed E-state index contributed by atoms with van der Waals surface area (Å²) in [6.45, 7) is 5.93. The standard InChI is InChI=1S/C23H22N4O3S/c1-23(2,3)21(28)14-8-13(29-4)9-17-20(14)27-22(31-17)15-6-12(10-24)7-16-19(15)25-11-18(26-16)30-5/h6-9,11,21,28H,1-5H3. The minimum Gasteiger partial charge on any atom is -0.497 e. The van der Waals surface area contributed by atoms with Crippen molar-refractivity contribution in [2.24, 2.45) is 5.41 Å². The molecule has 1 N–H and O–H groups in total. The van der Waals surface area contributed by atoms with Crippen LogP contribution in [0.15, 0.2) is 30.5 Å². The Balaban J connectivity index is 1.99. The van der Waals surface area contributed by atoms with E-state index in [4.69, 9.17) is 14.5 Å². The van der Waals surface area contributed by atoms with E-state index in [-0.39, 0.29) is 5.41 Å². The number of methoxy groups -OCH3 is 2. The fraction of sp³-hybridized carbons (Fsp3) is 0.304. The van der Waals surface area contributed by atoms with Gasteiger partial charge in [-0.3, -0.25) is 0 Å². The number of hydrogen-bond donors (Lipinski definition) is 1. The molecule has 1 unspecified atom stereocenters. The van der Waals surface area contributed by atoms with E-state index in [0.717, 1.165) is 4.70 Å². The Morgan fingerprint density at radius 2 is 1.84 bits per heavy atom. The van der Waals surface area contributed by atoms with Gasteiger partial charge in [0.1, 0.15) is 10.8 Å². The average molecular weight is 435 g/mol. The molecule has 158 valence electrons. The second-order valence-electron chi connectivity index (χ2n) is 8.27. The van der Waals surface area contributed by atoms with Crippen molar-refractivity contribution in [3.05, 3.63) is 41.6 Å². The quantitative estimate of drug-likeness (QED) is 0.489. The van der Waals surface area contributed by atoms with Crippen molar-refractivity contribution in [3.63, 3.8) is 0 Å². The summed E-state index contributed by atoms with van der Waals surface area (Å²) in [5.41, 5.74) is 3.39. The van der Waals surface area contributed by atoms with Crippen LogP contribution in [0.5, 0.6) is 11.6 Å². The Morgan fingerprint density at radius 3 is 2.48 bits per heavy atom. The first kappa shape index (κ1) is 21.0. The first-order valence-electron chi connectivity index (χ1n) is 9.67. The zero-order valence-electron chi connectivity index (χ0n) is 17.9. The molecule has 0 amide bonds. The predicted octanol–water partition coefficient (Wildman–Crippen LogP) is 4.87. The van der Waals surface area contributed by atoms with Crippen LogP contribution in [-0.4, -0.2) is 34.3 Å². The first-order chi connectivity index (χ1) is 14.7. The number of hydrogen-bond acceptors (Lipinski definition) is 8. The van der Waals surface area contributed by atoms with E-state index in [2.05, 4.69) is 16.0 Å². The predicted molar refractivity (Wildman–Crippen MR) is 120 cm³/mol. The van der Waals surface area contributed by atoms with Gasteiger partial charge in [-0.1, -0.05) is 20.8 Å². The summed E-state index contributed by atoms with van der Waals surface area (Å²) >= 11 is 1.46. The topological polar surface area (TPSA) is 101 Å². The lowest BCUT2D eigenvalue weighted by Gasteiger charge is -2.26. The highest BCUT2D eigenvalue weighted by atomic mass is 32.1. The third-order valence-corrected chi connectivity index (χ3v) is 6.08. The monoisotopic (exact) mass is 434 g/mol. The van der Waals surface area contributed by atoms with Gasteiger partial charge in [-0.2, -0.15) is 5.26 Å². The van der Waals surface area contributed by atoms with Crippen molar-refractivity contribution in [2.45, 2.75) is 26.9 Å². The molecule has 0 bridgehead atoms. The molecule has 0 saturated heterocycles. The van der Waals surface area contributed by atoms with Crippen LogP contribution in [0.4, 0.5) is 0 Å². The molecule has 0 spiro atoms. The maximum absolute atomic E-state index is 11.0. The van der Waals surface area contributed by atoms with E-state index in [9.17, 15) is 10.4 Å². The number of thiazole rings is 1. The largest absolute Gasteiger partial charge is 0.497 e. The SMILES string of the molecule is COc1cc(C(O)C(C)(C)C)c2nc(-c3cc(C#N)cc4nc(OC)cnc34)sc2c1. The van der Waals surface area contributed by atoms with Crippen molar-refractivity contribution < 1.29 is 14.6 Å². The fourth-order valence-corrected chi connectivity index (χ4v) is 4.42. The second-order valence-corrected chi connectivity index (χ2v) is 9.30. The maximum Gasteiger partial charge on any atom is 0.232 e. The van der Waals surface area contributed by atoms with Crippen LogP contribution in [0.2, 0.25) is 0 Å². The van der Waals surface area contributed by atoms with Crippen LogP contribution in [0.1, 0.15) is 38.0 Å². The molecule has 2 aromatic carbocycles. The lowest BCUT2D eigenvalue weighted by molar-refractivity contribution is 0.0636. The Hall–Kier alpha value is -3.28. The first-order valence-corrected chi connectivity index (χ1v) is 10.5. The zero-order valence-corrected chi connectivity index (χ0v) is 18.7. The molecule has 0 aliphatic carbocycles. The van der Waals surface area contributed by atoms with Crippen molar-refractivity contribution in [1.82, 2.24) is 15.0 Å². The van der Waals surface area contributed by atoms with Gasteiger partial charge in [0, 0.05) is 11.1 Å². The van der Waals surface area contributed by atoms with E-state index < -0.39 is 6.10 Å². The molecule has 4 rings (SSSR count). The third-order valence-electron chi connectivity index (χ3n) is 5.04. The fourth-order valence-electron chi connectivity index (χ4n) is 3.37. The summed E-state index contributed by atoms with van der Waals surface area (Å²) in [7, 11) is 3.12. The lowest BCUT2D eigenvalue weighted by Crippen LogP contribution is -2.18. The second kappa shape index (κ2) is 7.76. The highest BCUT2D eigenvalue weighted by Gasteiger charge is 2.28. The van der Waals surface area contributed by atoms with Gasteiger partial charge in [-0.15, -0.1) is 11.3 Å². The van der Waals surface area contributed by atoms with Crippen LogP contribution in [0, 0.1) is 16.7 Å². The van der Waals surface area contributed by atoms with Gasteiger partial charge >= 0.3 is 0 Å². The molecule has 0 saturated carbocycles. The Morgan fingerprint density at radius 1 is 1.06 bits per heavy atom. The van der Waals surface area contributed by atoms with Gasteiger partial charge in [0.05, 0.1) is 59.4 Å². The Bertz CT molecular complexity index is 1330. The minimum absolute atomic E-state index is 0.373. The zero-order chi connectivity index (χ0) is 22.3.